The smallest absolute Gasteiger partial charge is 0.278 e. The normalized spacial score (nSPS) is 23.5. The summed E-state index contributed by atoms with van der Waals surface area (Å²) in [6.45, 7) is 1.27. The fourth-order valence-corrected chi connectivity index (χ4v) is 3.73. The third-order valence-corrected chi connectivity index (χ3v) is 4.98. The molecule has 130 valence electrons. The van der Waals surface area contributed by atoms with E-state index >= 15 is 0 Å². The van der Waals surface area contributed by atoms with Crippen molar-refractivity contribution < 1.29 is 19.4 Å². The monoisotopic (exact) mass is 334 g/mol. The van der Waals surface area contributed by atoms with Crippen molar-refractivity contribution >= 4 is 11.8 Å². The number of hydrogen-bond acceptors (Lipinski definition) is 6. The van der Waals surface area contributed by atoms with Crippen LogP contribution in [0.25, 0.3) is 0 Å². The quantitative estimate of drug-likeness (QED) is 0.813. The Balaban J connectivity index is 1.73. The van der Waals surface area contributed by atoms with Crippen molar-refractivity contribution in [2.24, 2.45) is 5.41 Å². The number of piperidine rings is 2. The number of amides is 2. The number of aliphatic hydroxyl groups excluding tert-OH is 1. The highest BCUT2D eigenvalue weighted by molar-refractivity contribution is 5.94. The van der Waals surface area contributed by atoms with Gasteiger partial charge in [-0.25, -0.2) is 9.97 Å². The number of rotatable bonds is 2. The van der Waals surface area contributed by atoms with Crippen LogP contribution in [0.3, 0.4) is 0 Å². The number of ether oxygens (including phenoxy) is 1. The molecule has 2 saturated heterocycles. The lowest BCUT2D eigenvalue weighted by Crippen LogP contribution is -2.56. The van der Waals surface area contributed by atoms with Crippen molar-refractivity contribution in [1.29, 1.82) is 0 Å². The summed E-state index contributed by atoms with van der Waals surface area (Å²) in [6, 6.07) is 0. The third-order valence-electron chi connectivity index (χ3n) is 4.98. The Morgan fingerprint density at radius 3 is 2.67 bits per heavy atom. The highest BCUT2D eigenvalue weighted by atomic mass is 16.5. The van der Waals surface area contributed by atoms with Crippen molar-refractivity contribution in [3.05, 3.63) is 18.1 Å². The summed E-state index contributed by atoms with van der Waals surface area (Å²) >= 11 is 0. The van der Waals surface area contributed by atoms with E-state index < -0.39 is 11.5 Å². The molecule has 0 aromatic carbocycles. The van der Waals surface area contributed by atoms with E-state index in [2.05, 4.69) is 9.97 Å². The van der Waals surface area contributed by atoms with Crippen molar-refractivity contribution in [2.45, 2.75) is 25.4 Å². The molecule has 0 radical (unpaired) electrons. The zero-order valence-electron chi connectivity index (χ0n) is 13.9. The molecular weight excluding hydrogens is 312 g/mol. The number of methoxy groups -OCH3 is 1. The molecule has 1 unspecified atom stereocenters. The summed E-state index contributed by atoms with van der Waals surface area (Å²) in [7, 11) is 3.17. The van der Waals surface area contributed by atoms with E-state index in [0.717, 1.165) is 0 Å². The van der Waals surface area contributed by atoms with E-state index in [4.69, 9.17) is 4.74 Å². The van der Waals surface area contributed by atoms with E-state index in [0.29, 0.717) is 38.9 Å². The molecule has 8 heteroatoms. The van der Waals surface area contributed by atoms with E-state index in [9.17, 15) is 14.7 Å². The van der Waals surface area contributed by atoms with Crippen LogP contribution in [0.2, 0.25) is 0 Å². The lowest BCUT2D eigenvalue weighted by atomic mass is 9.71. The minimum absolute atomic E-state index is 0.0667. The maximum Gasteiger partial charge on any atom is 0.278 e. The average Bonchev–Trinajstić information content (AvgIpc) is 2.59. The Hall–Kier alpha value is -2.22. The zero-order chi connectivity index (χ0) is 17.3. The van der Waals surface area contributed by atoms with E-state index in [-0.39, 0.29) is 23.4 Å². The lowest BCUT2D eigenvalue weighted by molar-refractivity contribution is -0.154. The molecule has 0 bridgehead atoms. The number of nitrogens with zero attached hydrogens (tertiary/aromatic N) is 4. The molecule has 2 amide bonds. The molecule has 2 fully saturated rings. The minimum atomic E-state index is -0.560. The SMILES string of the molecule is COc1nccnc1C(=O)N1CCC2(CC1)CC(O)CN(C)C2=O. The van der Waals surface area contributed by atoms with Gasteiger partial charge in [-0.15, -0.1) is 0 Å². The van der Waals surface area contributed by atoms with Crippen molar-refractivity contribution in [1.82, 2.24) is 19.8 Å². The number of aromatic nitrogens is 2. The summed E-state index contributed by atoms with van der Waals surface area (Å²) in [4.78, 5) is 36.6. The zero-order valence-corrected chi connectivity index (χ0v) is 13.9. The highest BCUT2D eigenvalue weighted by Gasteiger charge is 2.48. The van der Waals surface area contributed by atoms with Gasteiger partial charge in [-0.1, -0.05) is 0 Å². The first-order valence-electron chi connectivity index (χ1n) is 8.05. The van der Waals surface area contributed by atoms with Gasteiger partial charge >= 0.3 is 0 Å². The summed E-state index contributed by atoms with van der Waals surface area (Å²) in [5.74, 6) is 0.0237. The fraction of sp³-hybridized carbons (Fsp3) is 0.625. The topological polar surface area (TPSA) is 95.9 Å². The molecule has 1 spiro atoms. The second kappa shape index (κ2) is 6.35. The van der Waals surface area contributed by atoms with Crippen LogP contribution in [0, 0.1) is 5.41 Å². The second-order valence-electron chi connectivity index (χ2n) is 6.53. The standard InChI is InChI=1S/C16H22N4O4/c1-19-10-11(21)9-16(15(19)23)3-7-20(8-4-16)14(22)12-13(24-2)18-6-5-17-12/h5-6,11,21H,3-4,7-10H2,1-2H3. The minimum Gasteiger partial charge on any atom is -0.479 e. The molecule has 2 aliphatic heterocycles. The van der Waals surface area contributed by atoms with Gasteiger partial charge in [0, 0.05) is 39.1 Å². The predicted molar refractivity (Wildman–Crippen MR) is 84.4 cm³/mol. The van der Waals surface area contributed by atoms with Gasteiger partial charge in [-0.3, -0.25) is 9.59 Å². The van der Waals surface area contributed by atoms with Gasteiger partial charge in [-0.05, 0) is 19.3 Å². The molecule has 1 N–H and O–H groups in total. The molecule has 1 aromatic heterocycles. The van der Waals surface area contributed by atoms with Crippen LogP contribution in [-0.4, -0.2) is 76.6 Å². The van der Waals surface area contributed by atoms with Gasteiger partial charge in [0.15, 0.2) is 5.69 Å². The first-order valence-corrected chi connectivity index (χ1v) is 8.05. The molecule has 8 nitrogen and oxygen atoms in total. The van der Waals surface area contributed by atoms with Gasteiger partial charge in [0.2, 0.25) is 11.8 Å². The molecule has 24 heavy (non-hydrogen) atoms. The number of β-amino-alcohol motifs (C(OH)–C–C–N with tert-alkyl or cyclic N) is 1. The maximum absolute atomic E-state index is 12.7. The number of hydrogen-bond donors (Lipinski definition) is 1. The van der Waals surface area contributed by atoms with Crippen LogP contribution in [0.15, 0.2) is 12.4 Å². The van der Waals surface area contributed by atoms with Crippen LogP contribution in [0.4, 0.5) is 0 Å². The van der Waals surface area contributed by atoms with Crippen molar-refractivity contribution in [3.8, 4) is 5.88 Å². The van der Waals surface area contributed by atoms with Gasteiger partial charge in [-0.2, -0.15) is 0 Å². The molecular formula is C16H22N4O4. The highest BCUT2D eigenvalue weighted by Crippen LogP contribution is 2.41. The number of carbonyl (C=O) groups is 2. The van der Waals surface area contributed by atoms with Gasteiger partial charge in [0.25, 0.3) is 5.91 Å². The van der Waals surface area contributed by atoms with Gasteiger partial charge in [0.1, 0.15) is 0 Å². The first kappa shape index (κ1) is 16.6. The van der Waals surface area contributed by atoms with E-state index in [1.54, 1.807) is 16.8 Å². The molecule has 0 aliphatic carbocycles. The average molecular weight is 334 g/mol. The molecule has 0 saturated carbocycles. The Kier molecular flexibility index (Phi) is 4.40. The molecule has 3 heterocycles. The van der Waals surface area contributed by atoms with Gasteiger partial charge < -0.3 is 19.6 Å². The predicted octanol–water partition coefficient (Wildman–Crippen LogP) is -0.0694. The number of carbonyl (C=O) groups excluding carboxylic acids is 2. The Labute approximate surface area is 140 Å². The maximum atomic E-state index is 12.7. The Morgan fingerprint density at radius 2 is 2.00 bits per heavy atom. The Bertz CT molecular complexity index is 643. The van der Waals surface area contributed by atoms with Crippen LogP contribution in [-0.2, 0) is 4.79 Å². The fourth-order valence-electron chi connectivity index (χ4n) is 3.73. The van der Waals surface area contributed by atoms with Gasteiger partial charge in [0.05, 0.1) is 18.6 Å². The lowest BCUT2D eigenvalue weighted by Gasteiger charge is -2.46. The number of likely N-dealkylation sites (tertiary alicyclic amines) is 2. The van der Waals surface area contributed by atoms with E-state index in [1.807, 2.05) is 0 Å². The largest absolute Gasteiger partial charge is 0.479 e. The van der Waals surface area contributed by atoms with Crippen LogP contribution >= 0.6 is 0 Å². The number of aliphatic hydroxyl groups is 1. The second-order valence-corrected chi connectivity index (χ2v) is 6.53. The van der Waals surface area contributed by atoms with Crippen LogP contribution in [0.5, 0.6) is 5.88 Å². The summed E-state index contributed by atoms with van der Waals surface area (Å²) in [5.41, 5.74) is -0.376. The summed E-state index contributed by atoms with van der Waals surface area (Å²) in [6.07, 6.45) is 3.97. The Morgan fingerprint density at radius 1 is 1.33 bits per heavy atom. The summed E-state index contributed by atoms with van der Waals surface area (Å²) in [5, 5.41) is 10.0. The van der Waals surface area contributed by atoms with Crippen LogP contribution in [0.1, 0.15) is 29.8 Å². The first-order chi connectivity index (χ1) is 11.5. The van der Waals surface area contributed by atoms with E-state index in [1.165, 1.54) is 19.5 Å². The summed E-state index contributed by atoms with van der Waals surface area (Å²) < 4.78 is 5.10. The number of likely N-dealkylation sites (N-methyl/N-ethyl adjacent to an activating group) is 1. The third kappa shape index (κ3) is 2.82. The van der Waals surface area contributed by atoms with Crippen LogP contribution < -0.4 is 4.74 Å². The van der Waals surface area contributed by atoms with Crippen molar-refractivity contribution in [2.75, 3.05) is 33.8 Å². The molecule has 3 rings (SSSR count). The molecule has 1 atom stereocenters. The molecule has 2 aliphatic rings. The molecule has 1 aromatic rings. The van der Waals surface area contributed by atoms with Crippen molar-refractivity contribution in [3.63, 3.8) is 0 Å².